The quantitative estimate of drug-likeness (QED) is 0.741. The molecule has 2 heterocycles. The van der Waals surface area contributed by atoms with Gasteiger partial charge in [0.1, 0.15) is 12.7 Å². The van der Waals surface area contributed by atoms with Crippen LogP contribution in [0.4, 0.5) is 0 Å². The summed E-state index contributed by atoms with van der Waals surface area (Å²) < 4.78 is 7.29. The van der Waals surface area contributed by atoms with Crippen LogP contribution in [0.5, 0.6) is 0 Å². The fourth-order valence-corrected chi connectivity index (χ4v) is 2.21. The van der Waals surface area contributed by atoms with Crippen LogP contribution >= 0.6 is 0 Å². The van der Waals surface area contributed by atoms with Crippen molar-refractivity contribution in [2.24, 2.45) is 11.3 Å². The van der Waals surface area contributed by atoms with Crippen LogP contribution in [-0.2, 0) is 11.3 Å². The molecule has 1 aromatic heterocycles. The van der Waals surface area contributed by atoms with Crippen LogP contribution in [0.25, 0.3) is 0 Å². The Hall–Kier alpha value is -0.900. The summed E-state index contributed by atoms with van der Waals surface area (Å²) in [6.07, 6.45) is 5.84. The zero-order chi connectivity index (χ0) is 10.7. The molecule has 0 radical (unpaired) electrons. The summed E-state index contributed by atoms with van der Waals surface area (Å²) in [6, 6.07) is 0. The lowest BCUT2D eigenvalue weighted by molar-refractivity contribution is -0.134. The SMILES string of the molecule is CCC(C)CC1(Cn2cncn2)COC1. The Labute approximate surface area is 90.7 Å². The van der Waals surface area contributed by atoms with Gasteiger partial charge in [0.05, 0.1) is 19.8 Å². The molecule has 1 aliphatic heterocycles. The molecule has 0 N–H and O–H groups in total. The Balaban J connectivity index is 1.96. The highest BCUT2D eigenvalue weighted by atomic mass is 16.5. The molecule has 4 nitrogen and oxygen atoms in total. The second-order valence-electron chi connectivity index (χ2n) is 4.80. The highest BCUT2D eigenvalue weighted by Gasteiger charge is 2.39. The first-order valence-corrected chi connectivity index (χ1v) is 5.64. The van der Waals surface area contributed by atoms with Crippen LogP contribution in [-0.4, -0.2) is 28.0 Å². The molecule has 0 amide bonds. The minimum Gasteiger partial charge on any atom is -0.380 e. The van der Waals surface area contributed by atoms with Gasteiger partial charge in [-0.25, -0.2) is 4.98 Å². The predicted octanol–water partition coefficient (Wildman–Crippen LogP) is 1.73. The Kier molecular flexibility index (Phi) is 3.05. The average molecular weight is 209 g/mol. The van der Waals surface area contributed by atoms with Gasteiger partial charge in [-0.3, -0.25) is 4.68 Å². The molecule has 1 aromatic rings. The van der Waals surface area contributed by atoms with E-state index in [1.165, 1.54) is 12.8 Å². The summed E-state index contributed by atoms with van der Waals surface area (Å²) in [4.78, 5) is 3.98. The summed E-state index contributed by atoms with van der Waals surface area (Å²) in [6.45, 7) is 7.24. The van der Waals surface area contributed by atoms with Crippen LogP contribution in [0.15, 0.2) is 12.7 Å². The Morgan fingerprint density at radius 3 is 2.80 bits per heavy atom. The number of nitrogens with zero attached hydrogens (tertiary/aromatic N) is 3. The maximum absolute atomic E-state index is 5.37. The van der Waals surface area contributed by atoms with Crippen molar-refractivity contribution < 1.29 is 4.74 Å². The molecule has 1 aliphatic rings. The molecule has 15 heavy (non-hydrogen) atoms. The van der Waals surface area contributed by atoms with Crippen molar-refractivity contribution in [3.8, 4) is 0 Å². The van der Waals surface area contributed by atoms with Gasteiger partial charge in [-0.15, -0.1) is 0 Å². The van der Waals surface area contributed by atoms with Gasteiger partial charge in [0.15, 0.2) is 0 Å². The van der Waals surface area contributed by atoms with Crippen LogP contribution in [0.3, 0.4) is 0 Å². The molecule has 1 fully saturated rings. The second kappa shape index (κ2) is 4.31. The first kappa shape index (κ1) is 10.6. The van der Waals surface area contributed by atoms with E-state index < -0.39 is 0 Å². The van der Waals surface area contributed by atoms with E-state index in [9.17, 15) is 0 Å². The van der Waals surface area contributed by atoms with Crippen molar-refractivity contribution in [3.05, 3.63) is 12.7 Å². The van der Waals surface area contributed by atoms with Gasteiger partial charge >= 0.3 is 0 Å². The van der Waals surface area contributed by atoms with E-state index >= 15 is 0 Å². The van der Waals surface area contributed by atoms with E-state index in [0.29, 0.717) is 5.41 Å². The van der Waals surface area contributed by atoms with E-state index in [-0.39, 0.29) is 0 Å². The first-order valence-electron chi connectivity index (χ1n) is 5.64. The van der Waals surface area contributed by atoms with Crippen molar-refractivity contribution in [2.75, 3.05) is 13.2 Å². The monoisotopic (exact) mass is 209 g/mol. The molecule has 0 aliphatic carbocycles. The number of hydrogen-bond donors (Lipinski definition) is 0. The molecular formula is C11H19N3O. The van der Waals surface area contributed by atoms with E-state index in [1.54, 1.807) is 12.7 Å². The van der Waals surface area contributed by atoms with E-state index in [1.807, 2.05) is 4.68 Å². The maximum atomic E-state index is 5.37. The Morgan fingerprint density at radius 2 is 2.33 bits per heavy atom. The van der Waals surface area contributed by atoms with Crippen LogP contribution in [0.2, 0.25) is 0 Å². The molecule has 84 valence electrons. The molecule has 1 atom stereocenters. The standard InChI is InChI=1S/C11H19N3O/c1-3-10(2)4-11(6-15-7-11)5-14-9-12-8-13-14/h8-10H,3-7H2,1-2H3. The molecule has 0 bridgehead atoms. The van der Waals surface area contributed by atoms with E-state index in [0.717, 1.165) is 25.7 Å². The third-order valence-electron chi connectivity index (χ3n) is 3.26. The molecule has 0 saturated carbocycles. The zero-order valence-corrected chi connectivity index (χ0v) is 9.52. The van der Waals surface area contributed by atoms with Crippen molar-refractivity contribution in [2.45, 2.75) is 33.2 Å². The highest BCUT2D eigenvalue weighted by Crippen LogP contribution is 2.36. The molecule has 1 unspecified atom stereocenters. The van der Waals surface area contributed by atoms with E-state index in [2.05, 4.69) is 23.9 Å². The van der Waals surface area contributed by atoms with Gasteiger partial charge < -0.3 is 4.74 Å². The third kappa shape index (κ3) is 2.37. The number of aromatic nitrogens is 3. The van der Waals surface area contributed by atoms with Crippen molar-refractivity contribution >= 4 is 0 Å². The Bertz CT molecular complexity index is 293. The predicted molar refractivity (Wildman–Crippen MR) is 57.3 cm³/mol. The molecule has 4 heteroatoms. The lowest BCUT2D eigenvalue weighted by Gasteiger charge is -2.42. The van der Waals surface area contributed by atoms with Gasteiger partial charge in [-0.05, 0) is 12.3 Å². The number of rotatable bonds is 5. The lowest BCUT2D eigenvalue weighted by Crippen LogP contribution is -2.47. The smallest absolute Gasteiger partial charge is 0.137 e. The molecular weight excluding hydrogens is 190 g/mol. The van der Waals surface area contributed by atoms with Crippen LogP contribution in [0, 0.1) is 11.3 Å². The largest absolute Gasteiger partial charge is 0.380 e. The summed E-state index contributed by atoms with van der Waals surface area (Å²) in [5.41, 5.74) is 0.309. The summed E-state index contributed by atoms with van der Waals surface area (Å²) in [5, 5.41) is 4.17. The molecule has 0 spiro atoms. The Morgan fingerprint density at radius 1 is 1.53 bits per heavy atom. The van der Waals surface area contributed by atoms with Crippen molar-refractivity contribution in [1.29, 1.82) is 0 Å². The van der Waals surface area contributed by atoms with Crippen LogP contribution < -0.4 is 0 Å². The van der Waals surface area contributed by atoms with Gasteiger partial charge in [-0.1, -0.05) is 20.3 Å². The maximum Gasteiger partial charge on any atom is 0.137 e. The van der Waals surface area contributed by atoms with Crippen molar-refractivity contribution in [3.63, 3.8) is 0 Å². The van der Waals surface area contributed by atoms with Gasteiger partial charge in [0.25, 0.3) is 0 Å². The topological polar surface area (TPSA) is 39.9 Å². The summed E-state index contributed by atoms with van der Waals surface area (Å²) in [7, 11) is 0. The van der Waals surface area contributed by atoms with Gasteiger partial charge in [0, 0.05) is 5.41 Å². The third-order valence-corrected chi connectivity index (χ3v) is 3.26. The first-order chi connectivity index (χ1) is 7.24. The lowest BCUT2D eigenvalue weighted by atomic mass is 9.77. The number of hydrogen-bond acceptors (Lipinski definition) is 3. The van der Waals surface area contributed by atoms with Gasteiger partial charge in [-0.2, -0.15) is 5.10 Å². The zero-order valence-electron chi connectivity index (χ0n) is 9.52. The summed E-state index contributed by atoms with van der Waals surface area (Å²) in [5.74, 6) is 0.762. The fourth-order valence-electron chi connectivity index (χ4n) is 2.21. The minimum absolute atomic E-state index is 0.309. The fraction of sp³-hybridized carbons (Fsp3) is 0.818. The van der Waals surface area contributed by atoms with E-state index in [4.69, 9.17) is 4.74 Å². The normalized spacial score (nSPS) is 20.9. The summed E-state index contributed by atoms with van der Waals surface area (Å²) >= 11 is 0. The highest BCUT2D eigenvalue weighted by molar-refractivity contribution is 4.87. The average Bonchev–Trinajstić information content (AvgIpc) is 2.66. The molecule has 0 aromatic carbocycles. The molecule has 2 rings (SSSR count). The second-order valence-corrected chi connectivity index (χ2v) is 4.80. The minimum atomic E-state index is 0.309. The van der Waals surface area contributed by atoms with Crippen LogP contribution in [0.1, 0.15) is 26.7 Å². The molecule has 1 saturated heterocycles. The number of ether oxygens (including phenoxy) is 1. The van der Waals surface area contributed by atoms with Gasteiger partial charge in [0.2, 0.25) is 0 Å². The van der Waals surface area contributed by atoms with Crippen molar-refractivity contribution in [1.82, 2.24) is 14.8 Å².